The number of unbranched alkanes of at least 4 members (excludes halogenated alkanes) is 1. The van der Waals surface area contributed by atoms with Gasteiger partial charge in [-0.3, -0.25) is 4.79 Å². The molecule has 0 unspecified atom stereocenters. The predicted octanol–water partition coefficient (Wildman–Crippen LogP) is 3.65. The summed E-state index contributed by atoms with van der Waals surface area (Å²) in [7, 11) is 0. The molecule has 0 saturated carbocycles. The summed E-state index contributed by atoms with van der Waals surface area (Å²) in [6.45, 7) is 3.22. The third-order valence-corrected chi connectivity index (χ3v) is 3.46. The summed E-state index contributed by atoms with van der Waals surface area (Å²) < 4.78 is 18.2. The number of carbonyl (C=O) groups is 1. The van der Waals surface area contributed by atoms with Gasteiger partial charge in [0.2, 0.25) is 5.91 Å². The summed E-state index contributed by atoms with van der Waals surface area (Å²) in [5, 5.41) is 2.91. The first kappa shape index (κ1) is 17.0. The average molecular weight is 315 g/mol. The van der Waals surface area contributed by atoms with E-state index < -0.39 is 0 Å². The van der Waals surface area contributed by atoms with Crippen molar-refractivity contribution in [2.45, 2.75) is 26.2 Å². The van der Waals surface area contributed by atoms with Crippen LogP contribution in [0, 0.1) is 12.7 Å². The molecule has 1 amide bonds. The van der Waals surface area contributed by atoms with E-state index in [0.717, 1.165) is 18.4 Å². The van der Waals surface area contributed by atoms with Gasteiger partial charge in [-0.15, -0.1) is 0 Å². The molecule has 4 heteroatoms. The van der Waals surface area contributed by atoms with E-state index in [1.54, 1.807) is 12.1 Å². The zero-order chi connectivity index (χ0) is 16.5. The quantitative estimate of drug-likeness (QED) is 0.755. The minimum atomic E-state index is -0.270. The second-order valence-electron chi connectivity index (χ2n) is 5.52. The van der Waals surface area contributed by atoms with Crippen LogP contribution in [0.3, 0.4) is 0 Å². The van der Waals surface area contributed by atoms with E-state index in [2.05, 4.69) is 5.32 Å². The molecule has 1 N–H and O–H groups in total. The number of hydrogen-bond donors (Lipinski definition) is 1. The fourth-order valence-electron chi connectivity index (χ4n) is 2.13. The molecule has 0 atom stereocenters. The SMILES string of the molecule is Cc1ccc(CC(=O)NCCCCOc2ccc(F)cc2)cc1. The Kier molecular flexibility index (Phi) is 6.60. The lowest BCUT2D eigenvalue weighted by Gasteiger charge is -2.07. The highest BCUT2D eigenvalue weighted by Gasteiger charge is 2.02. The highest BCUT2D eigenvalue weighted by atomic mass is 19.1. The summed E-state index contributed by atoms with van der Waals surface area (Å²) in [5.41, 5.74) is 2.21. The van der Waals surface area contributed by atoms with E-state index in [1.807, 2.05) is 31.2 Å². The molecule has 2 aromatic carbocycles. The van der Waals surface area contributed by atoms with Crippen molar-refractivity contribution in [2.24, 2.45) is 0 Å². The smallest absolute Gasteiger partial charge is 0.224 e. The molecule has 23 heavy (non-hydrogen) atoms. The van der Waals surface area contributed by atoms with E-state index in [1.165, 1.54) is 17.7 Å². The Hall–Kier alpha value is -2.36. The molecule has 0 aliphatic heterocycles. The first-order valence-corrected chi connectivity index (χ1v) is 7.84. The largest absolute Gasteiger partial charge is 0.494 e. The molecule has 0 aliphatic rings. The summed E-state index contributed by atoms with van der Waals surface area (Å²) in [6.07, 6.45) is 2.09. The van der Waals surface area contributed by atoms with Gasteiger partial charge >= 0.3 is 0 Å². The lowest BCUT2D eigenvalue weighted by molar-refractivity contribution is -0.120. The number of rotatable bonds is 8. The Balaban J connectivity index is 1.55. The van der Waals surface area contributed by atoms with Crippen molar-refractivity contribution in [1.82, 2.24) is 5.32 Å². The second kappa shape index (κ2) is 8.93. The van der Waals surface area contributed by atoms with Crippen molar-refractivity contribution in [2.75, 3.05) is 13.2 Å². The molecule has 0 radical (unpaired) electrons. The number of hydrogen-bond acceptors (Lipinski definition) is 2. The molecule has 0 aromatic heterocycles. The minimum Gasteiger partial charge on any atom is -0.494 e. The highest BCUT2D eigenvalue weighted by Crippen LogP contribution is 2.11. The van der Waals surface area contributed by atoms with Crippen molar-refractivity contribution < 1.29 is 13.9 Å². The molecule has 2 aromatic rings. The molecular formula is C19H22FNO2. The summed E-state index contributed by atoms with van der Waals surface area (Å²) in [4.78, 5) is 11.8. The Morgan fingerprint density at radius 2 is 1.74 bits per heavy atom. The van der Waals surface area contributed by atoms with E-state index >= 15 is 0 Å². The van der Waals surface area contributed by atoms with Crippen molar-refractivity contribution in [3.8, 4) is 5.75 Å². The lowest BCUT2D eigenvalue weighted by atomic mass is 10.1. The van der Waals surface area contributed by atoms with Gasteiger partial charge in [0.1, 0.15) is 11.6 Å². The summed E-state index contributed by atoms with van der Waals surface area (Å²) in [5.74, 6) is 0.428. The molecule has 0 fully saturated rings. The Morgan fingerprint density at radius 1 is 1.04 bits per heavy atom. The molecule has 122 valence electrons. The molecule has 0 saturated heterocycles. The van der Waals surface area contributed by atoms with Gasteiger partial charge in [-0.25, -0.2) is 4.39 Å². The number of ether oxygens (including phenoxy) is 1. The van der Waals surface area contributed by atoms with Crippen LogP contribution in [0.4, 0.5) is 4.39 Å². The number of aryl methyl sites for hydroxylation is 1. The van der Waals surface area contributed by atoms with Crippen molar-refractivity contribution in [3.63, 3.8) is 0 Å². The van der Waals surface area contributed by atoms with Crippen LogP contribution in [0.2, 0.25) is 0 Å². The van der Waals surface area contributed by atoms with Gasteiger partial charge in [0.15, 0.2) is 0 Å². The van der Waals surface area contributed by atoms with Gasteiger partial charge in [-0.1, -0.05) is 29.8 Å². The monoisotopic (exact) mass is 315 g/mol. The summed E-state index contributed by atoms with van der Waals surface area (Å²) in [6, 6.07) is 13.9. The van der Waals surface area contributed by atoms with Gasteiger partial charge in [-0.2, -0.15) is 0 Å². The first-order valence-electron chi connectivity index (χ1n) is 7.84. The van der Waals surface area contributed by atoms with Gasteiger partial charge in [0.05, 0.1) is 13.0 Å². The van der Waals surface area contributed by atoms with E-state index in [0.29, 0.717) is 25.3 Å². The van der Waals surface area contributed by atoms with Gasteiger partial charge in [-0.05, 0) is 49.6 Å². The Morgan fingerprint density at radius 3 is 2.43 bits per heavy atom. The molecule has 0 heterocycles. The maximum absolute atomic E-state index is 12.7. The second-order valence-corrected chi connectivity index (χ2v) is 5.52. The Labute approximate surface area is 136 Å². The van der Waals surface area contributed by atoms with Crippen LogP contribution in [0.5, 0.6) is 5.75 Å². The highest BCUT2D eigenvalue weighted by molar-refractivity contribution is 5.78. The minimum absolute atomic E-state index is 0.0355. The fourth-order valence-corrected chi connectivity index (χ4v) is 2.13. The lowest BCUT2D eigenvalue weighted by Crippen LogP contribution is -2.26. The molecule has 0 aliphatic carbocycles. The van der Waals surface area contributed by atoms with Gasteiger partial charge in [0.25, 0.3) is 0 Å². The molecule has 0 bridgehead atoms. The molecular weight excluding hydrogens is 293 g/mol. The normalized spacial score (nSPS) is 10.3. The van der Waals surface area contributed by atoms with Crippen molar-refractivity contribution >= 4 is 5.91 Å². The van der Waals surface area contributed by atoms with E-state index in [-0.39, 0.29) is 11.7 Å². The van der Waals surface area contributed by atoms with Gasteiger partial charge < -0.3 is 10.1 Å². The summed E-state index contributed by atoms with van der Waals surface area (Å²) >= 11 is 0. The molecule has 3 nitrogen and oxygen atoms in total. The number of benzene rings is 2. The zero-order valence-corrected chi connectivity index (χ0v) is 13.3. The average Bonchev–Trinajstić information content (AvgIpc) is 2.54. The first-order chi connectivity index (χ1) is 11.1. The van der Waals surface area contributed by atoms with E-state index in [9.17, 15) is 9.18 Å². The van der Waals surface area contributed by atoms with Crippen molar-refractivity contribution in [1.29, 1.82) is 0 Å². The van der Waals surface area contributed by atoms with Crippen LogP contribution in [0.15, 0.2) is 48.5 Å². The number of carbonyl (C=O) groups excluding carboxylic acids is 1. The topological polar surface area (TPSA) is 38.3 Å². The third-order valence-electron chi connectivity index (χ3n) is 3.46. The number of amides is 1. The fraction of sp³-hybridized carbons (Fsp3) is 0.316. The van der Waals surface area contributed by atoms with Crippen LogP contribution < -0.4 is 10.1 Å². The van der Waals surface area contributed by atoms with Crippen LogP contribution >= 0.6 is 0 Å². The third kappa shape index (κ3) is 6.51. The van der Waals surface area contributed by atoms with Crippen LogP contribution in [-0.2, 0) is 11.2 Å². The van der Waals surface area contributed by atoms with Crippen LogP contribution in [0.1, 0.15) is 24.0 Å². The maximum Gasteiger partial charge on any atom is 0.224 e. The van der Waals surface area contributed by atoms with Crippen molar-refractivity contribution in [3.05, 3.63) is 65.5 Å². The molecule has 0 spiro atoms. The molecule has 2 rings (SSSR count). The number of nitrogens with one attached hydrogen (secondary N) is 1. The predicted molar refractivity (Wildman–Crippen MR) is 89.0 cm³/mol. The Bertz CT molecular complexity index is 608. The number of halogens is 1. The van der Waals surface area contributed by atoms with Gasteiger partial charge in [0, 0.05) is 6.54 Å². The standard InChI is InChI=1S/C19H22FNO2/c1-15-4-6-16(7-5-15)14-19(22)21-12-2-3-13-23-18-10-8-17(20)9-11-18/h4-11H,2-3,12-14H2,1H3,(H,21,22). The maximum atomic E-state index is 12.7. The zero-order valence-electron chi connectivity index (χ0n) is 13.3. The van der Waals surface area contributed by atoms with Crippen LogP contribution in [0.25, 0.3) is 0 Å². The van der Waals surface area contributed by atoms with Crippen LogP contribution in [-0.4, -0.2) is 19.1 Å². The van der Waals surface area contributed by atoms with E-state index in [4.69, 9.17) is 4.74 Å².